The van der Waals surface area contributed by atoms with Crippen molar-refractivity contribution in [3.63, 3.8) is 0 Å². The predicted octanol–water partition coefficient (Wildman–Crippen LogP) is 1.10. The Bertz CT molecular complexity index is 485. The normalized spacial score (nSPS) is 12.5. The van der Waals surface area contributed by atoms with Crippen molar-refractivity contribution in [2.24, 2.45) is 5.73 Å². The molecule has 0 saturated heterocycles. The highest BCUT2D eigenvalue weighted by Gasteiger charge is 2.31. The maximum atomic E-state index is 12.3. The number of amides is 1. The summed E-state index contributed by atoms with van der Waals surface area (Å²) in [5.74, 6) is -0.741. The first-order chi connectivity index (χ1) is 7.71. The predicted molar refractivity (Wildman–Crippen MR) is 61.6 cm³/mol. The second kappa shape index (κ2) is 5.87. The van der Waals surface area contributed by atoms with Crippen LogP contribution in [0.2, 0.25) is 0 Å². The number of aromatic nitrogens is 1. The third kappa shape index (κ3) is 4.04. The molecule has 9 heteroatoms. The monoisotopic (exact) mass is 285 g/mol. The molecule has 1 rings (SSSR count). The number of pyridine rings is 1. The van der Waals surface area contributed by atoms with Crippen molar-refractivity contribution in [2.75, 3.05) is 5.32 Å². The van der Waals surface area contributed by atoms with Gasteiger partial charge in [0.1, 0.15) is 5.69 Å². The number of aromatic amines is 1. The van der Waals surface area contributed by atoms with Gasteiger partial charge in [0.25, 0.3) is 5.56 Å². The van der Waals surface area contributed by atoms with Crippen LogP contribution in [0, 0.1) is 0 Å². The number of anilines is 1. The zero-order chi connectivity index (χ0) is 13.2. The highest BCUT2D eigenvalue weighted by molar-refractivity contribution is 5.94. The number of nitrogens with two attached hydrogens (primary N) is 1. The lowest BCUT2D eigenvalue weighted by atomic mass is 10.2. The Morgan fingerprint density at radius 1 is 1.50 bits per heavy atom. The molecular formula is C9H11ClF3N3O2. The van der Waals surface area contributed by atoms with Crippen molar-refractivity contribution in [3.05, 3.63) is 28.2 Å². The van der Waals surface area contributed by atoms with E-state index in [1.54, 1.807) is 0 Å². The summed E-state index contributed by atoms with van der Waals surface area (Å²) < 4.78 is 37.0. The smallest absolute Gasteiger partial charge is 0.327 e. The van der Waals surface area contributed by atoms with E-state index in [4.69, 9.17) is 5.73 Å². The largest absolute Gasteiger partial charge is 0.417 e. The summed E-state index contributed by atoms with van der Waals surface area (Å²) in [6.07, 6.45) is -4.07. The average molecular weight is 286 g/mol. The number of hydrogen-bond donors (Lipinski definition) is 3. The summed E-state index contributed by atoms with van der Waals surface area (Å²) in [5, 5.41) is 2.01. The minimum atomic E-state index is -4.60. The number of carbonyl (C=O) groups is 1. The van der Waals surface area contributed by atoms with Gasteiger partial charge in [-0.3, -0.25) is 9.59 Å². The first-order valence-electron chi connectivity index (χ1n) is 4.58. The van der Waals surface area contributed by atoms with Gasteiger partial charge in [0, 0.05) is 6.20 Å². The van der Waals surface area contributed by atoms with Crippen LogP contribution in [0.4, 0.5) is 18.9 Å². The summed E-state index contributed by atoms with van der Waals surface area (Å²) in [6.45, 7) is 1.34. The summed E-state index contributed by atoms with van der Waals surface area (Å²) >= 11 is 0. The summed E-state index contributed by atoms with van der Waals surface area (Å²) in [6, 6.07) is -0.372. The Hall–Kier alpha value is -1.54. The molecule has 0 unspecified atom stereocenters. The topological polar surface area (TPSA) is 88.0 Å². The highest BCUT2D eigenvalue weighted by Crippen LogP contribution is 2.29. The lowest BCUT2D eigenvalue weighted by molar-refractivity contribution is -0.137. The molecule has 0 aromatic carbocycles. The number of carbonyl (C=O) groups excluding carboxylic acids is 1. The Balaban J connectivity index is 0.00000289. The van der Waals surface area contributed by atoms with Crippen molar-refractivity contribution >= 4 is 24.0 Å². The third-order valence-electron chi connectivity index (χ3n) is 1.90. The maximum Gasteiger partial charge on any atom is 0.417 e. The lowest BCUT2D eigenvalue weighted by Crippen LogP contribution is -2.34. The first kappa shape index (κ1) is 16.5. The zero-order valence-corrected chi connectivity index (χ0v) is 9.98. The molecule has 5 nitrogen and oxygen atoms in total. The van der Waals surface area contributed by atoms with Crippen LogP contribution in [0.25, 0.3) is 0 Å². The summed E-state index contributed by atoms with van der Waals surface area (Å²) in [7, 11) is 0. The molecule has 1 heterocycles. The van der Waals surface area contributed by atoms with Crippen LogP contribution in [0.5, 0.6) is 0 Å². The van der Waals surface area contributed by atoms with E-state index in [1.807, 2.05) is 10.3 Å². The summed E-state index contributed by atoms with van der Waals surface area (Å²) in [5.41, 5.74) is 2.84. The average Bonchev–Trinajstić information content (AvgIpc) is 2.19. The molecule has 0 aliphatic rings. The van der Waals surface area contributed by atoms with E-state index < -0.39 is 34.9 Å². The van der Waals surface area contributed by atoms with Gasteiger partial charge in [0.2, 0.25) is 5.91 Å². The summed E-state index contributed by atoms with van der Waals surface area (Å²) in [4.78, 5) is 24.2. The van der Waals surface area contributed by atoms with Crippen LogP contribution in [0.3, 0.4) is 0 Å². The van der Waals surface area contributed by atoms with Crippen LogP contribution in [0.15, 0.2) is 17.1 Å². The fourth-order valence-electron chi connectivity index (χ4n) is 0.987. The standard InChI is InChI=1S/C9H10F3N3O2.ClH/c1-4(13)7(16)15-6-2-5(9(10,11)12)3-14-8(6)17;/h2-4H,13H2,1H3,(H,14,17)(H,15,16);1H/t4-;/m1./s1. The highest BCUT2D eigenvalue weighted by atomic mass is 35.5. The molecule has 1 aromatic rings. The van der Waals surface area contributed by atoms with Crippen LogP contribution < -0.4 is 16.6 Å². The van der Waals surface area contributed by atoms with Crippen molar-refractivity contribution in [1.82, 2.24) is 4.98 Å². The molecule has 1 atom stereocenters. The number of halogens is 4. The van der Waals surface area contributed by atoms with Gasteiger partial charge in [-0.25, -0.2) is 0 Å². The molecule has 0 radical (unpaired) electrons. The Morgan fingerprint density at radius 3 is 2.50 bits per heavy atom. The number of nitrogens with one attached hydrogen (secondary N) is 2. The van der Waals surface area contributed by atoms with Crippen molar-refractivity contribution < 1.29 is 18.0 Å². The van der Waals surface area contributed by atoms with Crippen molar-refractivity contribution in [2.45, 2.75) is 19.1 Å². The number of alkyl halides is 3. The van der Waals surface area contributed by atoms with E-state index in [0.717, 1.165) is 0 Å². The van der Waals surface area contributed by atoms with Crippen molar-refractivity contribution in [1.29, 1.82) is 0 Å². The molecule has 0 aliphatic carbocycles. The van der Waals surface area contributed by atoms with Gasteiger partial charge >= 0.3 is 6.18 Å². The van der Waals surface area contributed by atoms with Gasteiger partial charge in [0.05, 0.1) is 11.6 Å². The van der Waals surface area contributed by atoms with E-state index in [2.05, 4.69) is 0 Å². The number of H-pyrrole nitrogens is 1. The third-order valence-corrected chi connectivity index (χ3v) is 1.90. The van der Waals surface area contributed by atoms with Gasteiger partial charge in [-0.15, -0.1) is 12.4 Å². The van der Waals surface area contributed by atoms with Gasteiger partial charge in [-0.2, -0.15) is 13.2 Å². The molecule has 0 saturated carbocycles. The molecule has 1 aromatic heterocycles. The molecule has 18 heavy (non-hydrogen) atoms. The van der Waals surface area contributed by atoms with E-state index in [0.29, 0.717) is 12.3 Å². The molecule has 0 spiro atoms. The molecular weight excluding hydrogens is 275 g/mol. The maximum absolute atomic E-state index is 12.3. The van der Waals surface area contributed by atoms with Crippen LogP contribution in [-0.2, 0) is 11.0 Å². The molecule has 0 fully saturated rings. The van der Waals surface area contributed by atoms with Gasteiger partial charge < -0.3 is 16.0 Å². The SMILES string of the molecule is C[C@@H](N)C(=O)Nc1cc(C(F)(F)F)c[nH]c1=O.Cl. The molecule has 102 valence electrons. The molecule has 4 N–H and O–H groups in total. The second-order valence-corrected chi connectivity index (χ2v) is 3.41. The fraction of sp³-hybridized carbons (Fsp3) is 0.333. The van der Waals surface area contributed by atoms with Gasteiger partial charge in [-0.1, -0.05) is 0 Å². The quantitative estimate of drug-likeness (QED) is 0.760. The van der Waals surface area contributed by atoms with E-state index in [-0.39, 0.29) is 12.4 Å². The zero-order valence-electron chi connectivity index (χ0n) is 9.17. The Labute approximate surface area is 106 Å². The Morgan fingerprint density at radius 2 is 2.06 bits per heavy atom. The minimum Gasteiger partial charge on any atom is -0.327 e. The van der Waals surface area contributed by atoms with Gasteiger partial charge in [-0.05, 0) is 13.0 Å². The van der Waals surface area contributed by atoms with Crippen LogP contribution in [-0.4, -0.2) is 16.9 Å². The van der Waals surface area contributed by atoms with Crippen molar-refractivity contribution in [3.8, 4) is 0 Å². The number of hydrogen-bond acceptors (Lipinski definition) is 3. The van der Waals surface area contributed by atoms with Gasteiger partial charge in [0.15, 0.2) is 0 Å². The molecule has 1 amide bonds. The van der Waals surface area contributed by atoms with E-state index in [1.165, 1.54) is 6.92 Å². The molecule has 0 aliphatic heterocycles. The second-order valence-electron chi connectivity index (χ2n) is 3.41. The molecule has 0 bridgehead atoms. The number of rotatable bonds is 2. The minimum absolute atomic E-state index is 0. The Kier molecular flexibility index (Phi) is 5.37. The van der Waals surface area contributed by atoms with Crippen LogP contribution in [0.1, 0.15) is 12.5 Å². The van der Waals surface area contributed by atoms with E-state index >= 15 is 0 Å². The van der Waals surface area contributed by atoms with E-state index in [9.17, 15) is 22.8 Å². The fourth-order valence-corrected chi connectivity index (χ4v) is 0.987. The lowest BCUT2D eigenvalue weighted by Gasteiger charge is -2.10. The van der Waals surface area contributed by atoms with Crippen LogP contribution >= 0.6 is 12.4 Å². The first-order valence-corrected chi connectivity index (χ1v) is 4.58.